The molecule has 4 nitrogen and oxygen atoms in total. The number of aryl methyl sites for hydroxylation is 1. The Morgan fingerprint density at radius 2 is 2.04 bits per heavy atom. The van der Waals surface area contributed by atoms with Crippen molar-refractivity contribution in [1.29, 1.82) is 0 Å². The summed E-state index contributed by atoms with van der Waals surface area (Å²) in [7, 11) is 0. The molecule has 0 aliphatic heterocycles. The van der Waals surface area contributed by atoms with Crippen molar-refractivity contribution < 1.29 is 8.81 Å². The van der Waals surface area contributed by atoms with Gasteiger partial charge in [0.05, 0.1) is 11.4 Å². The number of benzene rings is 1. The molecule has 116 valence electrons. The van der Waals surface area contributed by atoms with Gasteiger partial charge in [-0.05, 0) is 48.4 Å². The molecule has 1 aromatic carbocycles. The number of hydrogen-bond acceptors (Lipinski definition) is 4. The Labute approximate surface area is 137 Å². The monoisotopic (exact) mass is 329 g/mol. The molecule has 0 bridgehead atoms. The molecule has 6 heteroatoms. The quantitative estimate of drug-likeness (QED) is 0.715. The maximum absolute atomic E-state index is 13.0. The number of hydrogen-bond donors (Lipinski definition) is 0. The average molecular weight is 330 g/mol. The Balaban J connectivity index is 1.73. The molecular weight excluding hydrogens is 317 g/mol. The number of rotatable bonds is 4. The van der Waals surface area contributed by atoms with Gasteiger partial charge in [-0.3, -0.25) is 4.98 Å². The van der Waals surface area contributed by atoms with Gasteiger partial charge >= 0.3 is 0 Å². The molecule has 3 rings (SSSR count). The van der Waals surface area contributed by atoms with E-state index >= 15 is 0 Å². The second kappa shape index (κ2) is 6.71. The van der Waals surface area contributed by atoms with Gasteiger partial charge in [0.2, 0.25) is 11.8 Å². The van der Waals surface area contributed by atoms with Crippen LogP contribution < -0.4 is 0 Å². The smallest absolute Gasteiger partial charge is 0.240 e. The SMILES string of the molecule is Cc1ccnc(Cc2nnc(/C=C/c3ccc(F)cc3Cl)o2)c1. The molecule has 0 aliphatic carbocycles. The summed E-state index contributed by atoms with van der Waals surface area (Å²) in [6.07, 6.45) is 5.56. The Kier molecular flexibility index (Phi) is 4.48. The second-order valence-electron chi connectivity index (χ2n) is 5.03. The Morgan fingerprint density at radius 1 is 1.17 bits per heavy atom. The first-order valence-electron chi connectivity index (χ1n) is 6.97. The summed E-state index contributed by atoms with van der Waals surface area (Å²) in [4.78, 5) is 4.26. The minimum absolute atomic E-state index is 0.324. The van der Waals surface area contributed by atoms with Crippen LogP contribution in [0, 0.1) is 12.7 Å². The zero-order valence-electron chi connectivity index (χ0n) is 12.3. The van der Waals surface area contributed by atoms with E-state index in [4.69, 9.17) is 16.0 Å². The molecular formula is C17H13ClFN3O. The van der Waals surface area contributed by atoms with Crippen LogP contribution in [0.5, 0.6) is 0 Å². The molecule has 0 atom stereocenters. The molecule has 0 saturated heterocycles. The van der Waals surface area contributed by atoms with Gasteiger partial charge < -0.3 is 4.42 Å². The second-order valence-corrected chi connectivity index (χ2v) is 5.44. The first-order chi connectivity index (χ1) is 11.1. The lowest BCUT2D eigenvalue weighted by atomic mass is 10.2. The van der Waals surface area contributed by atoms with Crippen molar-refractivity contribution in [2.75, 3.05) is 0 Å². The molecule has 0 amide bonds. The number of aromatic nitrogens is 3. The van der Waals surface area contributed by atoms with Gasteiger partial charge in [0.25, 0.3) is 0 Å². The molecule has 23 heavy (non-hydrogen) atoms. The minimum atomic E-state index is -0.377. The lowest BCUT2D eigenvalue weighted by molar-refractivity contribution is 0.495. The van der Waals surface area contributed by atoms with Gasteiger partial charge in [-0.15, -0.1) is 10.2 Å². The van der Waals surface area contributed by atoms with Gasteiger partial charge in [-0.2, -0.15) is 0 Å². The Morgan fingerprint density at radius 3 is 2.83 bits per heavy atom. The topological polar surface area (TPSA) is 51.8 Å². The standard InChI is InChI=1S/C17H13ClFN3O/c1-11-6-7-20-14(8-11)10-17-22-21-16(23-17)5-3-12-2-4-13(19)9-15(12)18/h2-9H,10H2,1H3/b5-3+. The average Bonchev–Trinajstić information content (AvgIpc) is 2.94. The fourth-order valence-corrected chi connectivity index (χ4v) is 2.28. The van der Waals surface area contributed by atoms with Crippen molar-refractivity contribution in [3.8, 4) is 0 Å². The van der Waals surface area contributed by atoms with Crippen LogP contribution in [0.25, 0.3) is 12.2 Å². The van der Waals surface area contributed by atoms with Crippen LogP contribution in [-0.2, 0) is 6.42 Å². The third-order valence-electron chi connectivity index (χ3n) is 3.15. The molecule has 0 unspecified atom stereocenters. The van der Waals surface area contributed by atoms with E-state index in [0.717, 1.165) is 11.3 Å². The van der Waals surface area contributed by atoms with Gasteiger partial charge in [-0.25, -0.2) is 4.39 Å². The highest BCUT2D eigenvalue weighted by Crippen LogP contribution is 2.19. The molecule has 0 spiro atoms. The van der Waals surface area contributed by atoms with Crippen LogP contribution in [0.1, 0.15) is 28.6 Å². The number of halogens is 2. The molecule has 0 radical (unpaired) electrons. The van der Waals surface area contributed by atoms with Crippen LogP contribution in [0.15, 0.2) is 40.9 Å². The zero-order valence-corrected chi connectivity index (χ0v) is 13.1. The molecule has 0 saturated carbocycles. The van der Waals surface area contributed by atoms with E-state index in [2.05, 4.69) is 15.2 Å². The predicted octanol–water partition coefficient (Wildman–Crippen LogP) is 4.33. The third-order valence-corrected chi connectivity index (χ3v) is 3.48. The highest BCUT2D eigenvalue weighted by molar-refractivity contribution is 6.32. The molecule has 0 N–H and O–H groups in total. The Hall–Kier alpha value is -2.53. The molecule has 0 fully saturated rings. The largest absolute Gasteiger partial charge is 0.421 e. The highest BCUT2D eigenvalue weighted by Gasteiger charge is 2.06. The van der Waals surface area contributed by atoms with Crippen molar-refractivity contribution in [2.45, 2.75) is 13.3 Å². The predicted molar refractivity (Wildman–Crippen MR) is 86.4 cm³/mol. The van der Waals surface area contributed by atoms with E-state index in [0.29, 0.717) is 28.8 Å². The molecule has 2 heterocycles. The van der Waals surface area contributed by atoms with Crippen molar-refractivity contribution in [1.82, 2.24) is 15.2 Å². The van der Waals surface area contributed by atoms with Gasteiger partial charge in [0.1, 0.15) is 5.82 Å². The fourth-order valence-electron chi connectivity index (χ4n) is 2.05. The fraction of sp³-hybridized carbons (Fsp3) is 0.118. The van der Waals surface area contributed by atoms with E-state index < -0.39 is 0 Å². The number of pyridine rings is 1. The maximum atomic E-state index is 13.0. The summed E-state index contributed by atoms with van der Waals surface area (Å²) >= 11 is 5.96. The third kappa shape index (κ3) is 4.02. The van der Waals surface area contributed by atoms with E-state index in [1.54, 1.807) is 24.4 Å². The summed E-state index contributed by atoms with van der Waals surface area (Å²) in [5.41, 5.74) is 2.67. The number of nitrogens with zero attached hydrogens (tertiary/aromatic N) is 3. The van der Waals surface area contributed by atoms with E-state index in [9.17, 15) is 4.39 Å². The van der Waals surface area contributed by atoms with Crippen LogP contribution >= 0.6 is 11.6 Å². The first kappa shape index (κ1) is 15.4. The van der Waals surface area contributed by atoms with Crippen LogP contribution in [0.4, 0.5) is 4.39 Å². The summed E-state index contributed by atoms with van der Waals surface area (Å²) in [6, 6.07) is 8.08. The lowest BCUT2D eigenvalue weighted by Gasteiger charge is -1.97. The summed E-state index contributed by atoms with van der Waals surface area (Å²) in [5.74, 6) is 0.457. The van der Waals surface area contributed by atoms with Crippen molar-refractivity contribution in [3.05, 3.63) is 76.0 Å². The van der Waals surface area contributed by atoms with Crippen molar-refractivity contribution in [3.63, 3.8) is 0 Å². The summed E-state index contributed by atoms with van der Waals surface area (Å²) in [5, 5.41) is 8.26. The van der Waals surface area contributed by atoms with Crippen LogP contribution in [-0.4, -0.2) is 15.2 Å². The summed E-state index contributed by atoms with van der Waals surface area (Å²) in [6.45, 7) is 2.00. The van der Waals surface area contributed by atoms with E-state index in [1.807, 2.05) is 19.1 Å². The van der Waals surface area contributed by atoms with Crippen molar-refractivity contribution in [2.24, 2.45) is 0 Å². The summed E-state index contributed by atoms with van der Waals surface area (Å²) < 4.78 is 18.5. The molecule has 3 aromatic rings. The van der Waals surface area contributed by atoms with Crippen LogP contribution in [0.2, 0.25) is 5.02 Å². The van der Waals surface area contributed by atoms with Gasteiger partial charge in [-0.1, -0.05) is 17.7 Å². The van der Waals surface area contributed by atoms with Crippen LogP contribution in [0.3, 0.4) is 0 Å². The van der Waals surface area contributed by atoms with Gasteiger partial charge in [0.15, 0.2) is 0 Å². The molecule has 0 aliphatic rings. The zero-order chi connectivity index (χ0) is 16.2. The normalized spacial score (nSPS) is 11.3. The lowest BCUT2D eigenvalue weighted by Crippen LogP contribution is -1.92. The van der Waals surface area contributed by atoms with Gasteiger partial charge in [0, 0.05) is 18.0 Å². The maximum Gasteiger partial charge on any atom is 0.240 e. The highest BCUT2D eigenvalue weighted by atomic mass is 35.5. The molecule has 2 aromatic heterocycles. The van der Waals surface area contributed by atoms with Crippen molar-refractivity contribution >= 4 is 23.8 Å². The first-order valence-corrected chi connectivity index (χ1v) is 7.35. The van der Waals surface area contributed by atoms with E-state index in [-0.39, 0.29) is 5.82 Å². The van der Waals surface area contributed by atoms with E-state index in [1.165, 1.54) is 12.1 Å². The minimum Gasteiger partial charge on any atom is -0.421 e. The Bertz CT molecular complexity index is 861.